The number of hydrogen-bond donors (Lipinski definition) is 2. The van der Waals surface area contributed by atoms with Crippen LogP contribution in [0.3, 0.4) is 0 Å². The topological polar surface area (TPSA) is 72.2 Å². The normalized spacial score (nSPS) is 27.2. The molecule has 0 aromatic carbocycles. The number of hydrazine groups is 1. The third-order valence-electron chi connectivity index (χ3n) is 4.26. The molecule has 1 rings (SSSR count). The maximum Gasteiger partial charge on any atom is 0.150 e. The molecule has 0 aliphatic heterocycles. The molecule has 0 radical (unpaired) electrons. The van der Waals surface area contributed by atoms with Crippen molar-refractivity contribution < 1.29 is 8.42 Å². The summed E-state index contributed by atoms with van der Waals surface area (Å²) in [5.74, 6) is 6.08. The van der Waals surface area contributed by atoms with Gasteiger partial charge in [0, 0.05) is 12.3 Å². The van der Waals surface area contributed by atoms with E-state index in [1.165, 1.54) is 6.26 Å². The Bertz CT molecular complexity index is 373. The molecule has 0 heterocycles. The molecule has 1 aliphatic rings. The molecule has 5 heteroatoms. The number of hydrogen-bond acceptors (Lipinski definition) is 4. The summed E-state index contributed by atoms with van der Waals surface area (Å²) in [6, 6.07) is 0.240. The maximum absolute atomic E-state index is 11.7. The number of nitrogens with one attached hydrogen (secondary N) is 1. The highest BCUT2D eigenvalue weighted by Gasteiger charge is 2.33. The van der Waals surface area contributed by atoms with Crippen LogP contribution in [0, 0.1) is 11.3 Å². The number of nitrogens with two attached hydrogens (primary N) is 1. The minimum absolute atomic E-state index is 0.170. The zero-order valence-corrected chi connectivity index (χ0v) is 13.6. The molecule has 114 valence electrons. The fourth-order valence-electron chi connectivity index (χ4n) is 2.98. The predicted molar refractivity (Wildman–Crippen MR) is 80.4 cm³/mol. The van der Waals surface area contributed by atoms with E-state index in [1.54, 1.807) is 0 Å². The summed E-state index contributed by atoms with van der Waals surface area (Å²) in [4.78, 5) is 0. The molecular weight excluding hydrogens is 260 g/mol. The van der Waals surface area contributed by atoms with Crippen molar-refractivity contribution in [3.8, 4) is 0 Å². The van der Waals surface area contributed by atoms with E-state index in [0.717, 1.165) is 38.5 Å². The van der Waals surface area contributed by atoms with Crippen molar-refractivity contribution in [2.75, 3.05) is 6.26 Å². The summed E-state index contributed by atoms with van der Waals surface area (Å²) in [7, 11) is -2.91. The molecule has 3 N–H and O–H groups in total. The quantitative estimate of drug-likeness (QED) is 0.602. The lowest BCUT2D eigenvalue weighted by atomic mass is 9.79. The van der Waals surface area contributed by atoms with E-state index >= 15 is 0 Å². The van der Waals surface area contributed by atoms with Crippen LogP contribution in [0.2, 0.25) is 0 Å². The molecule has 0 bridgehead atoms. The highest BCUT2D eigenvalue weighted by Crippen LogP contribution is 2.33. The maximum atomic E-state index is 11.7. The molecule has 3 atom stereocenters. The Morgan fingerprint density at radius 1 is 1.32 bits per heavy atom. The summed E-state index contributed by atoms with van der Waals surface area (Å²) in [6.45, 7) is 6.67. The van der Waals surface area contributed by atoms with Gasteiger partial charge in [0.25, 0.3) is 0 Å². The second-order valence-electron chi connectivity index (χ2n) is 7.25. The van der Waals surface area contributed by atoms with E-state index in [9.17, 15) is 8.42 Å². The SMILES string of the molecule is CC(C)(C)CCC(NN)C1CCCC(S(C)(=O)=O)C1. The molecule has 0 aromatic rings. The predicted octanol–water partition coefficient (Wildman–Crippen LogP) is 2.25. The van der Waals surface area contributed by atoms with Gasteiger partial charge in [-0.2, -0.15) is 0 Å². The molecule has 3 unspecified atom stereocenters. The Hall–Kier alpha value is -0.130. The largest absolute Gasteiger partial charge is 0.271 e. The van der Waals surface area contributed by atoms with Gasteiger partial charge in [0.1, 0.15) is 9.84 Å². The smallest absolute Gasteiger partial charge is 0.150 e. The lowest BCUT2D eigenvalue weighted by molar-refractivity contribution is 0.233. The first-order valence-electron chi connectivity index (χ1n) is 7.28. The first-order chi connectivity index (χ1) is 8.63. The van der Waals surface area contributed by atoms with Gasteiger partial charge in [-0.05, 0) is 43.4 Å². The fourth-order valence-corrected chi connectivity index (χ4v) is 4.17. The Balaban J connectivity index is 2.61. The number of sulfone groups is 1. The van der Waals surface area contributed by atoms with Crippen molar-refractivity contribution in [2.45, 2.75) is 70.6 Å². The van der Waals surface area contributed by atoms with Gasteiger partial charge in [-0.25, -0.2) is 8.42 Å². The van der Waals surface area contributed by atoms with E-state index < -0.39 is 9.84 Å². The minimum Gasteiger partial charge on any atom is -0.271 e. The summed E-state index contributed by atoms with van der Waals surface area (Å²) >= 11 is 0. The van der Waals surface area contributed by atoms with Crippen molar-refractivity contribution >= 4 is 9.84 Å². The second kappa shape index (κ2) is 6.55. The van der Waals surface area contributed by atoms with E-state index in [-0.39, 0.29) is 11.3 Å². The van der Waals surface area contributed by atoms with Crippen molar-refractivity contribution in [3.05, 3.63) is 0 Å². The molecule has 0 spiro atoms. The van der Waals surface area contributed by atoms with Gasteiger partial charge in [-0.3, -0.25) is 11.3 Å². The Morgan fingerprint density at radius 2 is 1.95 bits per heavy atom. The summed E-state index contributed by atoms with van der Waals surface area (Å²) < 4.78 is 23.4. The van der Waals surface area contributed by atoms with E-state index in [4.69, 9.17) is 5.84 Å². The molecular formula is C14H30N2O2S. The molecule has 4 nitrogen and oxygen atoms in total. The summed E-state index contributed by atoms with van der Waals surface area (Å²) in [6.07, 6.45) is 7.13. The molecule has 19 heavy (non-hydrogen) atoms. The average Bonchev–Trinajstić information content (AvgIpc) is 2.27. The lowest BCUT2D eigenvalue weighted by Gasteiger charge is -2.34. The van der Waals surface area contributed by atoms with Crippen LogP contribution in [-0.4, -0.2) is 26.0 Å². The molecule has 0 saturated heterocycles. The third kappa shape index (κ3) is 5.79. The van der Waals surface area contributed by atoms with Gasteiger partial charge in [-0.1, -0.05) is 27.2 Å². The molecule has 0 amide bonds. The van der Waals surface area contributed by atoms with Gasteiger partial charge in [-0.15, -0.1) is 0 Å². The number of rotatable bonds is 5. The van der Waals surface area contributed by atoms with Crippen LogP contribution in [0.1, 0.15) is 59.3 Å². The van der Waals surface area contributed by atoms with Crippen molar-refractivity contribution in [2.24, 2.45) is 17.2 Å². The van der Waals surface area contributed by atoms with Gasteiger partial charge in [0.05, 0.1) is 5.25 Å². The Labute approximate surface area is 118 Å². The molecule has 1 fully saturated rings. The summed E-state index contributed by atoms with van der Waals surface area (Å²) in [5.41, 5.74) is 3.21. The highest BCUT2D eigenvalue weighted by atomic mass is 32.2. The monoisotopic (exact) mass is 290 g/mol. The van der Waals surface area contributed by atoms with Crippen molar-refractivity contribution in [1.82, 2.24) is 5.43 Å². The van der Waals surface area contributed by atoms with Crippen LogP contribution in [0.4, 0.5) is 0 Å². The minimum atomic E-state index is -2.91. The van der Waals surface area contributed by atoms with Crippen LogP contribution in [-0.2, 0) is 9.84 Å². The lowest BCUT2D eigenvalue weighted by Crippen LogP contribution is -2.44. The van der Waals surface area contributed by atoms with Crippen molar-refractivity contribution in [1.29, 1.82) is 0 Å². The first kappa shape index (κ1) is 16.9. The van der Waals surface area contributed by atoms with Gasteiger partial charge >= 0.3 is 0 Å². The molecule has 1 saturated carbocycles. The van der Waals surface area contributed by atoms with Crippen LogP contribution in [0.5, 0.6) is 0 Å². The summed E-state index contributed by atoms with van der Waals surface area (Å²) in [5, 5.41) is -0.170. The van der Waals surface area contributed by atoms with Crippen molar-refractivity contribution in [3.63, 3.8) is 0 Å². The van der Waals surface area contributed by atoms with E-state index in [0.29, 0.717) is 11.3 Å². The van der Waals surface area contributed by atoms with Crippen LogP contribution in [0.15, 0.2) is 0 Å². The zero-order valence-electron chi connectivity index (χ0n) is 12.8. The van der Waals surface area contributed by atoms with Crippen LogP contribution < -0.4 is 11.3 Å². The van der Waals surface area contributed by atoms with Gasteiger partial charge in [0.15, 0.2) is 0 Å². The average molecular weight is 290 g/mol. The van der Waals surface area contributed by atoms with E-state index in [1.807, 2.05) is 0 Å². The first-order valence-corrected chi connectivity index (χ1v) is 9.24. The second-order valence-corrected chi connectivity index (χ2v) is 9.58. The Morgan fingerprint density at radius 3 is 2.42 bits per heavy atom. The zero-order chi connectivity index (χ0) is 14.7. The Kier molecular flexibility index (Phi) is 5.83. The molecule has 0 aromatic heterocycles. The van der Waals surface area contributed by atoms with Crippen LogP contribution in [0.25, 0.3) is 0 Å². The highest BCUT2D eigenvalue weighted by molar-refractivity contribution is 7.91. The standard InChI is InChI=1S/C14H30N2O2S/c1-14(2,3)9-8-13(16-15)11-6-5-7-12(10-11)19(4,17)18/h11-13,16H,5-10,15H2,1-4H3. The van der Waals surface area contributed by atoms with Gasteiger partial charge in [0.2, 0.25) is 0 Å². The van der Waals surface area contributed by atoms with E-state index in [2.05, 4.69) is 26.2 Å². The van der Waals surface area contributed by atoms with Crippen LogP contribution >= 0.6 is 0 Å². The third-order valence-corrected chi connectivity index (χ3v) is 5.90. The fraction of sp³-hybridized carbons (Fsp3) is 1.00. The molecule has 1 aliphatic carbocycles. The van der Waals surface area contributed by atoms with Gasteiger partial charge < -0.3 is 0 Å².